The molecule has 6 nitrogen and oxygen atoms in total. The van der Waals surface area contributed by atoms with Crippen LogP contribution in [0.1, 0.15) is 40.1 Å². The Hall–Kier alpha value is -2.03. The van der Waals surface area contributed by atoms with Crippen molar-refractivity contribution in [2.45, 2.75) is 37.1 Å². The van der Waals surface area contributed by atoms with Gasteiger partial charge in [0.25, 0.3) is 0 Å². The van der Waals surface area contributed by atoms with E-state index in [1.165, 1.54) is 17.4 Å². The van der Waals surface area contributed by atoms with E-state index in [0.29, 0.717) is 38.8 Å². The number of amides is 1. The molecule has 0 radical (unpaired) electrons. The topological polar surface area (TPSA) is 97.5 Å². The van der Waals surface area contributed by atoms with Crippen LogP contribution in [0, 0.1) is 0 Å². The Morgan fingerprint density at radius 3 is 2.65 bits per heavy atom. The minimum absolute atomic E-state index is 0.0179. The molecule has 1 amide bonds. The lowest BCUT2D eigenvalue weighted by molar-refractivity contribution is -0.132. The predicted molar refractivity (Wildman–Crippen MR) is 99.4 cm³/mol. The maximum atomic E-state index is 12.4. The fourth-order valence-electron chi connectivity index (χ4n) is 3.04. The zero-order valence-corrected chi connectivity index (χ0v) is 15.8. The first-order valence-electron chi connectivity index (χ1n) is 8.33. The number of carbonyl (C=O) groups is 2. The van der Waals surface area contributed by atoms with Crippen LogP contribution in [-0.4, -0.2) is 31.6 Å². The minimum atomic E-state index is -3.76. The summed E-state index contributed by atoms with van der Waals surface area (Å²) in [5.74, 6) is 0.0465. The number of sulfonamides is 1. The molecule has 0 bridgehead atoms. The number of fused-ring (bicyclic) bond motifs is 1. The Balaban J connectivity index is 1.57. The molecule has 2 heterocycles. The lowest BCUT2D eigenvalue weighted by atomic mass is 9.99. The molecule has 0 saturated carbocycles. The van der Waals surface area contributed by atoms with Crippen molar-refractivity contribution in [2.24, 2.45) is 5.14 Å². The summed E-state index contributed by atoms with van der Waals surface area (Å²) in [4.78, 5) is 26.9. The second kappa shape index (κ2) is 7.69. The van der Waals surface area contributed by atoms with Crippen molar-refractivity contribution in [3.8, 4) is 0 Å². The standard InChI is InChI=1S/C18H20N2O4S2/c19-26(23,24)15-7-6-13-8-9-20(12-14(13)11-15)18(22)5-1-3-16(21)17-4-2-10-25-17/h2,4,6-7,10-11H,1,3,5,8-9,12H2,(H2,19,23,24). The third kappa shape index (κ3) is 4.38. The molecule has 0 atom stereocenters. The van der Waals surface area contributed by atoms with Crippen molar-refractivity contribution in [2.75, 3.05) is 6.54 Å². The number of thiophene rings is 1. The monoisotopic (exact) mass is 392 g/mol. The molecule has 2 N–H and O–H groups in total. The molecule has 8 heteroatoms. The molecule has 0 spiro atoms. The summed E-state index contributed by atoms with van der Waals surface area (Å²) < 4.78 is 23.0. The summed E-state index contributed by atoms with van der Waals surface area (Å²) in [6.45, 7) is 0.968. The van der Waals surface area contributed by atoms with Gasteiger partial charge < -0.3 is 4.90 Å². The van der Waals surface area contributed by atoms with Crippen LogP contribution < -0.4 is 5.14 Å². The van der Waals surface area contributed by atoms with Crippen LogP contribution in [0.25, 0.3) is 0 Å². The van der Waals surface area contributed by atoms with Gasteiger partial charge in [0.2, 0.25) is 15.9 Å². The highest BCUT2D eigenvalue weighted by molar-refractivity contribution is 7.89. The van der Waals surface area contributed by atoms with Gasteiger partial charge in [0.1, 0.15) is 0 Å². The van der Waals surface area contributed by atoms with Crippen LogP contribution >= 0.6 is 11.3 Å². The summed E-state index contributed by atoms with van der Waals surface area (Å²) >= 11 is 1.41. The second-order valence-electron chi connectivity index (χ2n) is 6.29. The predicted octanol–water partition coefficient (Wildman–Crippen LogP) is 2.33. The molecule has 0 unspecified atom stereocenters. The van der Waals surface area contributed by atoms with Gasteiger partial charge in [-0.05, 0) is 47.5 Å². The third-order valence-corrected chi connectivity index (χ3v) is 6.28. The molecule has 1 aliphatic rings. The Morgan fingerprint density at radius 2 is 1.96 bits per heavy atom. The molecule has 26 heavy (non-hydrogen) atoms. The van der Waals surface area contributed by atoms with Crippen molar-refractivity contribution >= 4 is 33.1 Å². The summed E-state index contributed by atoms with van der Waals surface area (Å²) in [6, 6.07) is 8.44. The number of ketones is 1. The van der Waals surface area contributed by atoms with Crippen LogP contribution in [0.5, 0.6) is 0 Å². The molecular weight excluding hydrogens is 372 g/mol. The number of nitrogens with zero attached hydrogens (tertiary/aromatic N) is 1. The van der Waals surface area contributed by atoms with Crippen LogP contribution in [0.2, 0.25) is 0 Å². The number of Topliss-reactive ketones (excluding diaryl/α,β-unsaturated/α-hetero) is 1. The van der Waals surface area contributed by atoms with E-state index in [1.807, 2.05) is 11.4 Å². The summed E-state index contributed by atoms with van der Waals surface area (Å²) in [5.41, 5.74) is 1.85. The van der Waals surface area contributed by atoms with Crippen LogP contribution in [0.15, 0.2) is 40.6 Å². The van der Waals surface area contributed by atoms with Crippen molar-refractivity contribution in [3.63, 3.8) is 0 Å². The third-order valence-electron chi connectivity index (χ3n) is 4.46. The first kappa shape index (κ1) is 18.8. The van der Waals surface area contributed by atoms with Crippen LogP contribution in [-0.2, 0) is 27.8 Å². The Labute approximate surface area is 156 Å². The van der Waals surface area contributed by atoms with Crippen molar-refractivity contribution in [3.05, 3.63) is 51.7 Å². The smallest absolute Gasteiger partial charge is 0.238 e. The number of carbonyl (C=O) groups excluding carboxylic acids is 2. The largest absolute Gasteiger partial charge is 0.338 e. The highest BCUT2D eigenvalue weighted by atomic mass is 32.2. The molecule has 1 aromatic heterocycles. The van der Waals surface area contributed by atoms with E-state index in [2.05, 4.69) is 0 Å². The average Bonchev–Trinajstić information content (AvgIpc) is 3.14. The van der Waals surface area contributed by atoms with Crippen molar-refractivity contribution < 1.29 is 18.0 Å². The van der Waals surface area contributed by atoms with Gasteiger partial charge in [-0.1, -0.05) is 12.1 Å². The summed E-state index contributed by atoms with van der Waals surface area (Å²) in [7, 11) is -3.76. The van der Waals surface area contributed by atoms with E-state index in [9.17, 15) is 18.0 Å². The van der Waals surface area contributed by atoms with E-state index >= 15 is 0 Å². The van der Waals surface area contributed by atoms with Gasteiger partial charge in [0.15, 0.2) is 5.78 Å². The molecule has 1 aromatic carbocycles. The quantitative estimate of drug-likeness (QED) is 0.763. The Kier molecular flexibility index (Phi) is 5.55. The van der Waals surface area contributed by atoms with Crippen LogP contribution in [0.4, 0.5) is 0 Å². The molecule has 0 saturated heterocycles. The van der Waals surface area contributed by atoms with Crippen molar-refractivity contribution in [1.29, 1.82) is 0 Å². The average molecular weight is 393 g/mol. The summed E-state index contributed by atoms with van der Waals surface area (Å²) in [6.07, 6.45) is 1.85. The molecule has 3 rings (SSSR count). The molecule has 0 aliphatic carbocycles. The van der Waals surface area contributed by atoms with Crippen LogP contribution in [0.3, 0.4) is 0 Å². The normalized spacial score (nSPS) is 14.1. The minimum Gasteiger partial charge on any atom is -0.338 e. The Bertz CT molecular complexity index is 921. The highest BCUT2D eigenvalue weighted by Crippen LogP contribution is 2.23. The van der Waals surface area contributed by atoms with E-state index < -0.39 is 10.0 Å². The maximum absolute atomic E-state index is 12.4. The molecule has 1 aliphatic heterocycles. The number of hydrogen-bond donors (Lipinski definition) is 1. The first-order valence-corrected chi connectivity index (χ1v) is 10.8. The molecule has 138 valence electrons. The molecule has 2 aromatic rings. The van der Waals surface area contributed by atoms with Gasteiger partial charge in [-0.15, -0.1) is 11.3 Å². The Morgan fingerprint density at radius 1 is 1.15 bits per heavy atom. The zero-order chi connectivity index (χ0) is 18.7. The number of hydrogen-bond acceptors (Lipinski definition) is 5. The molecule has 0 fully saturated rings. The van der Waals surface area contributed by atoms with Gasteiger partial charge in [-0.3, -0.25) is 9.59 Å². The van der Waals surface area contributed by atoms with Crippen molar-refractivity contribution in [1.82, 2.24) is 4.90 Å². The van der Waals surface area contributed by atoms with Gasteiger partial charge in [-0.2, -0.15) is 0 Å². The summed E-state index contributed by atoms with van der Waals surface area (Å²) in [5, 5.41) is 7.04. The highest BCUT2D eigenvalue weighted by Gasteiger charge is 2.22. The van der Waals surface area contributed by atoms with Gasteiger partial charge in [0.05, 0.1) is 9.77 Å². The van der Waals surface area contributed by atoms with E-state index in [-0.39, 0.29) is 16.6 Å². The number of nitrogens with two attached hydrogens (primary N) is 1. The number of benzene rings is 1. The number of primary sulfonamides is 1. The SMILES string of the molecule is NS(=O)(=O)c1ccc2c(c1)CN(C(=O)CCCC(=O)c1cccs1)CC2. The van der Waals surface area contributed by atoms with Gasteiger partial charge in [0, 0.05) is 25.9 Å². The lowest BCUT2D eigenvalue weighted by Gasteiger charge is -2.29. The second-order valence-corrected chi connectivity index (χ2v) is 8.80. The number of rotatable bonds is 6. The first-order chi connectivity index (χ1) is 12.3. The lowest BCUT2D eigenvalue weighted by Crippen LogP contribution is -2.36. The molecular formula is C18H20N2O4S2. The van der Waals surface area contributed by atoms with E-state index in [1.54, 1.807) is 23.1 Å². The van der Waals surface area contributed by atoms with E-state index in [4.69, 9.17) is 5.14 Å². The van der Waals surface area contributed by atoms with E-state index in [0.717, 1.165) is 16.0 Å². The fraction of sp³-hybridized carbons (Fsp3) is 0.333. The fourth-order valence-corrected chi connectivity index (χ4v) is 4.30. The zero-order valence-electron chi connectivity index (χ0n) is 14.2. The van der Waals surface area contributed by atoms with Gasteiger partial charge >= 0.3 is 0 Å². The van der Waals surface area contributed by atoms with Gasteiger partial charge in [-0.25, -0.2) is 13.6 Å². The maximum Gasteiger partial charge on any atom is 0.238 e.